The van der Waals surface area contributed by atoms with E-state index in [0.717, 1.165) is 32.1 Å². The zero-order valence-electron chi connectivity index (χ0n) is 11.1. The molecule has 0 saturated carbocycles. The summed E-state index contributed by atoms with van der Waals surface area (Å²) in [7, 11) is -3.13. The van der Waals surface area contributed by atoms with Crippen LogP contribution in [-0.2, 0) is 14.8 Å². The van der Waals surface area contributed by atoms with E-state index < -0.39 is 15.6 Å². The number of carbonyl (C=O) groups is 1. The molecule has 0 aromatic rings. The fourth-order valence-electron chi connectivity index (χ4n) is 1.99. The van der Waals surface area contributed by atoms with Gasteiger partial charge in [0.05, 0.1) is 11.8 Å². The molecule has 1 heterocycles. The van der Waals surface area contributed by atoms with Crippen LogP contribution in [-0.4, -0.2) is 45.8 Å². The largest absolute Gasteiger partial charge is 0.354 e. The Morgan fingerprint density at radius 1 is 1.33 bits per heavy atom. The van der Waals surface area contributed by atoms with Gasteiger partial charge in [0.2, 0.25) is 15.9 Å². The first-order valence-corrected chi connectivity index (χ1v) is 8.21. The molecule has 1 saturated heterocycles. The monoisotopic (exact) mass is 277 g/mol. The highest BCUT2D eigenvalue weighted by molar-refractivity contribution is 7.88. The Morgan fingerprint density at radius 2 is 2.06 bits per heavy atom. The van der Waals surface area contributed by atoms with Crippen LogP contribution in [0.3, 0.4) is 0 Å². The Hall–Kier alpha value is -0.660. The molecule has 106 valence electrons. The average Bonchev–Trinajstić information content (AvgIpc) is 2.27. The topological polar surface area (TPSA) is 87.3 Å². The number of nitrogens with one attached hydrogen (secondary N) is 3. The minimum absolute atomic E-state index is 0.00144. The van der Waals surface area contributed by atoms with Gasteiger partial charge in [-0.15, -0.1) is 0 Å². The first kappa shape index (κ1) is 15.4. The number of piperidine rings is 1. The molecule has 7 heteroatoms. The van der Waals surface area contributed by atoms with E-state index in [2.05, 4.69) is 15.4 Å². The third-order valence-corrected chi connectivity index (χ3v) is 3.85. The van der Waals surface area contributed by atoms with Gasteiger partial charge in [0.25, 0.3) is 0 Å². The highest BCUT2D eigenvalue weighted by Gasteiger charge is 2.33. The second-order valence-electron chi connectivity index (χ2n) is 4.99. The molecule has 0 spiro atoms. The van der Waals surface area contributed by atoms with Crippen molar-refractivity contribution in [3.05, 3.63) is 0 Å². The molecule has 0 aromatic heterocycles. The van der Waals surface area contributed by atoms with Gasteiger partial charge < -0.3 is 10.6 Å². The molecule has 0 aliphatic carbocycles. The molecule has 1 rings (SSSR count). The molecule has 6 nitrogen and oxygen atoms in total. The maximum Gasteiger partial charge on any atom is 0.240 e. The van der Waals surface area contributed by atoms with E-state index in [1.165, 1.54) is 0 Å². The van der Waals surface area contributed by atoms with E-state index in [9.17, 15) is 13.2 Å². The van der Waals surface area contributed by atoms with Crippen molar-refractivity contribution in [3.8, 4) is 0 Å². The van der Waals surface area contributed by atoms with Gasteiger partial charge in [0.1, 0.15) is 0 Å². The van der Waals surface area contributed by atoms with Crippen molar-refractivity contribution < 1.29 is 13.2 Å². The van der Waals surface area contributed by atoms with Gasteiger partial charge in [-0.1, -0.05) is 0 Å². The van der Waals surface area contributed by atoms with Crippen molar-refractivity contribution in [2.24, 2.45) is 0 Å². The number of hydrogen-bond donors (Lipinski definition) is 3. The van der Waals surface area contributed by atoms with Crippen LogP contribution in [0.2, 0.25) is 0 Å². The summed E-state index contributed by atoms with van der Waals surface area (Å²) in [6.45, 7) is 3.62. The van der Waals surface area contributed by atoms with Gasteiger partial charge in [0, 0.05) is 13.1 Å². The predicted molar refractivity (Wildman–Crippen MR) is 70.7 cm³/mol. The average molecular weight is 277 g/mol. The fourth-order valence-corrected chi connectivity index (χ4v) is 2.51. The number of carbonyl (C=O) groups excluding carboxylic acids is 1. The normalized spacial score (nSPS) is 24.8. The highest BCUT2D eigenvalue weighted by Crippen LogP contribution is 2.18. The van der Waals surface area contributed by atoms with Crippen molar-refractivity contribution in [3.63, 3.8) is 0 Å². The Balaban J connectivity index is 2.20. The molecule has 1 atom stereocenters. The predicted octanol–water partition coefficient (Wildman–Crippen LogP) is -0.426. The van der Waals surface area contributed by atoms with E-state index in [0.29, 0.717) is 19.5 Å². The van der Waals surface area contributed by atoms with Crippen LogP contribution in [0.15, 0.2) is 0 Å². The smallest absolute Gasteiger partial charge is 0.240 e. The van der Waals surface area contributed by atoms with Crippen LogP contribution in [0.5, 0.6) is 0 Å². The number of hydrogen-bond acceptors (Lipinski definition) is 4. The summed E-state index contributed by atoms with van der Waals surface area (Å²) in [5.74, 6) is 0.00144. The zero-order chi connectivity index (χ0) is 13.6. The van der Waals surface area contributed by atoms with Gasteiger partial charge >= 0.3 is 0 Å². The maximum absolute atomic E-state index is 12.0. The van der Waals surface area contributed by atoms with Gasteiger partial charge in [0.15, 0.2) is 0 Å². The maximum atomic E-state index is 12.0. The standard InChI is InChI=1S/C11H23N3O3S/c1-11(6-3-4-8-13-11)10(15)12-7-5-9-14-18(2,16)17/h13-14H,3-9H2,1-2H3,(H,12,15). The molecule has 3 N–H and O–H groups in total. The summed E-state index contributed by atoms with van der Waals surface area (Å²) in [6, 6.07) is 0. The Kier molecular flexibility index (Phi) is 5.55. The van der Waals surface area contributed by atoms with Crippen LogP contribution in [0.1, 0.15) is 32.6 Å². The number of sulfonamides is 1. The Labute approximate surface area is 109 Å². The van der Waals surface area contributed by atoms with Crippen molar-refractivity contribution >= 4 is 15.9 Å². The molecular formula is C11H23N3O3S. The van der Waals surface area contributed by atoms with Crippen molar-refractivity contribution in [2.45, 2.75) is 38.1 Å². The summed E-state index contributed by atoms with van der Waals surface area (Å²) < 4.78 is 24.0. The summed E-state index contributed by atoms with van der Waals surface area (Å²) in [6.07, 6.45) is 4.74. The van der Waals surface area contributed by atoms with E-state index in [1.807, 2.05) is 6.92 Å². The molecular weight excluding hydrogens is 254 g/mol. The van der Waals surface area contributed by atoms with E-state index in [-0.39, 0.29) is 5.91 Å². The Morgan fingerprint density at radius 3 is 2.61 bits per heavy atom. The van der Waals surface area contributed by atoms with E-state index in [4.69, 9.17) is 0 Å². The van der Waals surface area contributed by atoms with Gasteiger partial charge in [-0.05, 0) is 39.2 Å². The molecule has 1 fully saturated rings. The van der Waals surface area contributed by atoms with Gasteiger partial charge in [-0.25, -0.2) is 13.1 Å². The molecule has 0 bridgehead atoms. The van der Waals surface area contributed by atoms with Gasteiger partial charge in [-0.3, -0.25) is 4.79 Å². The third-order valence-electron chi connectivity index (χ3n) is 3.12. The van der Waals surface area contributed by atoms with Crippen LogP contribution in [0.4, 0.5) is 0 Å². The summed E-state index contributed by atoms with van der Waals surface area (Å²) >= 11 is 0. The zero-order valence-corrected chi connectivity index (χ0v) is 11.9. The second kappa shape index (κ2) is 6.49. The SMILES string of the molecule is CC1(C(=O)NCCCNS(C)(=O)=O)CCCCN1. The van der Waals surface area contributed by atoms with Crippen molar-refractivity contribution in [1.82, 2.24) is 15.4 Å². The molecule has 1 aliphatic rings. The lowest BCUT2D eigenvalue weighted by atomic mass is 9.90. The van der Waals surface area contributed by atoms with Crippen LogP contribution in [0, 0.1) is 0 Å². The molecule has 1 unspecified atom stereocenters. The quantitative estimate of drug-likeness (QED) is 0.575. The second-order valence-corrected chi connectivity index (χ2v) is 6.82. The summed E-state index contributed by atoms with van der Waals surface area (Å²) in [5, 5.41) is 6.08. The molecule has 18 heavy (non-hydrogen) atoms. The molecule has 1 aliphatic heterocycles. The molecule has 1 amide bonds. The molecule has 0 aromatic carbocycles. The highest BCUT2D eigenvalue weighted by atomic mass is 32.2. The van der Waals surface area contributed by atoms with Gasteiger partial charge in [-0.2, -0.15) is 0 Å². The first-order valence-electron chi connectivity index (χ1n) is 6.31. The van der Waals surface area contributed by atoms with Crippen molar-refractivity contribution in [2.75, 3.05) is 25.9 Å². The fraction of sp³-hybridized carbons (Fsp3) is 0.909. The summed E-state index contributed by atoms with van der Waals surface area (Å²) in [5.41, 5.74) is -0.470. The van der Waals surface area contributed by atoms with Crippen LogP contribution in [0.25, 0.3) is 0 Å². The van der Waals surface area contributed by atoms with Crippen molar-refractivity contribution in [1.29, 1.82) is 0 Å². The third kappa shape index (κ3) is 5.32. The lowest BCUT2D eigenvalue weighted by Crippen LogP contribution is -2.57. The first-order chi connectivity index (χ1) is 8.33. The molecule has 0 radical (unpaired) electrons. The minimum atomic E-state index is -3.13. The Bertz CT molecular complexity index is 375. The van der Waals surface area contributed by atoms with Crippen LogP contribution < -0.4 is 15.4 Å². The summed E-state index contributed by atoms with van der Waals surface area (Å²) in [4.78, 5) is 12.0. The lowest BCUT2D eigenvalue weighted by Gasteiger charge is -2.33. The number of amides is 1. The van der Waals surface area contributed by atoms with E-state index in [1.54, 1.807) is 0 Å². The minimum Gasteiger partial charge on any atom is -0.354 e. The lowest BCUT2D eigenvalue weighted by molar-refractivity contribution is -0.127. The van der Waals surface area contributed by atoms with E-state index >= 15 is 0 Å². The number of rotatable bonds is 6. The van der Waals surface area contributed by atoms with Crippen LogP contribution >= 0.6 is 0 Å².